The molecule has 31 heavy (non-hydrogen) atoms. The molecule has 0 bridgehead atoms. The first-order chi connectivity index (χ1) is 15.2. The monoisotopic (exact) mass is 410 g/mol. The van der Waals surface area contributed by atoms with Crippen LogP contribution in [0.1, 0.15) is 28.3 Å². The number of amides is 1. The van der Waals surface area contributed by atoms with Gasteiger partial charge in [0.1, 0.15) is 6.04 Å². The maximum atomic E-state index is 12.3. The van der Waals surface area contributed by atoms with Gasteiger partial charge < -0.3 is 11.1 Å². The largest absolute Gasteiger partial charge is 0.368 e. The van der Waals surface area contributed by atoms with E-state index < -0.39 is 6.04 Å². The van der Waals surface area contributed by atoms with Crippen LogP contribution in [-0.2, 0) is 24.1 Å². The molecule has 5 nitrogen and oxygen atoms in total. The number of nitrogens with two attached hydrogens (primary N) is 1. The van der Waals surface area contributed by atoms with Crippen LogP contribution in [0.3, 0.4) is 0 Å². The van der Waals surface area contributed by atoms with Gasteiger partial charge in [0, 0.05) is 31.3 Å². The predicted octanol–water partition coefficient (Wildman–Crippen LogP) is 3.77. The van der Waals surface area contributed by atoms with E-state index in [-0.39, 0.29) is 5.91 Å². The summed E-state index contributed by atoms with van der Waals surface area (Å²) in [6.07, 6.45) is 10.0. The van der Waals surface area contributed by atoms with Gasteiger partial charge in [-0.15, -0.1) is 0 Å². The number of nitrogens with one attached hydrogen (secondary N) is 1. The van der Waals surface area contributed by atoms with Crippen LogP contribution in [0.2, 0.25) is 0 Å². The molecule has 0 spiro atoms. The van der Waals surface area contributed by atoms with Gasteiger partial charge in [0.15, 0.2) is 0 Å². The van der Waals surface area contributed by atoms with Gasteiger partial charge in [-0.1, -0.05) is 48.5 Å². The van der Waals surface area contributed by atoms with Crippen molar-refractivity contribution >= 4 is 16.7 Å². The molecule has 5 heteroatoms. The Bertz CT molecular complexity index is 1150. The van der Waals surface area contributed by atoms with Crippen LogP contribution in [0.4, 0.5) is 0 Å². The van der Waals surface area contributed by atoms with Crippen LogP contribution in [0.25, 0.3) is 10.8 Å². The normalized spacial score (nSPS) is 12.0. The van der Waals surface area contributed by atoms with Crippen molar-refractivity contribution in [2.75, 3.05) is 6.54 Å². The highest BCUT2D eigenvalue weighted by atomic mass is 16.1. The van der Waals surface area contributed by atoms with Crippen LogP contribution in [0, 0.1) is 0 Å². The van der Waals surface area contributed by atoms with Crippen molar-refractivity contribution in [2.24, 2.45) is 5.73 Å². The number of primary amides is 1. The summed E-state index contributed by atoms with van der Waals surface area (Å²) < 4.78 is 0. The number of benzene rings is 2. The van der Waals surface area contributed by atoms with E-state index in [0.29, 0.717) is 6.54 Å². The van der Waals surface area contributed by atoms with Gasteiger partial charge in [0.05, 0.1) is 0 Å². The van der Waals surface area contributed by atoms with E-state index in [0.717, 1.165) is 35.6 Å². The molecule has 1 amide bonds. The first-order valence-corrected chi connectivity index (χ1v) is 10.5. The number of carbonyl (C=O) groups is 1. The van der Waals surface area contributed by atoms with Gasteiger partial charge in [-0.05, 0) is 64.4 Å². The van der Waals surface area contributed by atoms with E-state index in [4.69, 9.17) is 5.73 Å². The second-order valence-electron chi connectivity index (χ2n) is 7.61. The molecule has 156 valence electrons. The smallest absolute Gasteiger partial charge is 0.239 e. The molecule has 0 aliphatic rings. The summed E-state index contributed by atoms with van der Waals surface area (Å²) in [5, 5.41) is 5.51. The highest BCUT2D eigenvalue weighted by Crippen LogP contribution is 2.24. The lowest BCUT2D eigenvalue weighted by molar-refractivity contribution is -0.120. The zero-order valence-electron chi connectivity index (χ0n) is 17.4. The number of rotatable bonds is 9. The Morgan fingerprint density at radius 3 is 2.52 bits per heavy atom. The molecular formula is C26H26N4O. The van der Waals surface area contributed by atoms with Gasteiger partial charge in [-0.2, -0.15) is 0 Å². The number of nitrogens with zero attached hydrogens (tertiary/aromatic N) is 2. The SMILES string of the molecule is NC(=O)C(NCCc1ccncc1CCc1cccnc1)c1cccc2ccccc12. The van der Waals surface area contributed by atoms with Crippen LogP contribution in [0.5, 0.6) is 0 Å². The fraction of sp³-hybridized carbons (Fsp3) is 0.192. The molecule has 3 N–H and O–H groups in total. The Morgan fingerprint density at radius 2 is 1.68 bits per heavy atom. The van der Waals surface area contributed by atoms with E-state index in [2.05, 4.69) is 27.4 Å². The minimum atomic E-state index is -0.535. The summed E-state index contributed by atoms with van der Waals surface area (Å²) in [6.45, 7) is 0.640. The molecule has 0 radical (unpaired) electrons. The number of fused-ring (bicyclic) bond motifs is 1. The number of hydrogen-bond donors (Lipinski definition) is 2. The van der Waals surface area contributed by atoms with E-state index >= 15 is 0 Å². The third-order valence-electron chi connectivity index (χ3n) is 5.57. The molecular weight excluding hydrogens is 384 g/mol. The Kier molecular flexibility index (Phi) is 6.65. The number of pyridine rings is 2. The fourth-order valence-electron chi connectivity index (χ4n) is 3.97. The van der Waals surface area contributed by atoms with Crippen molar-refractivity contribution in [3.63, 3.8) is 0 Å². The van der Waals surface area contributed by atoms with Crippen molar-refractivity contribution in [3.8, 4) is 0 Å². The molecule has 1 unspecified atom stereocenters. The molecule has 4 aromatic rings. The standard InChI is InChI=1S/C26H26N4O/c27-26(31)25(24-9-3-7-21-6-1-2-8-23(21)24)30-16-13-20-12-15-29-18-22(20)11-10-19-5-4-14-28-17-19/h1-9,12,14-15,17-18,25,30H,10-11,13,16H2,(H2,27,31). The van der Waals surface area contributed by atoms with Crippen molar-refractivity contribution in [3.05, 3.63) is 108 Å². The van der Waals surface area contributed by atoms with Gasteiger partial charge in [-0.25, -0.2) is 0 Å². The molecule has 1 atom stereocenters. The molecule has 2 aromatic heterocycles. The maximum absolute atomic E-state index is 12.3. The topological polar surface area (TPSA) is 80.9 Å². The second-order valence-corrected chi connectivity index (χ2v) is 7.61. The highest BCUT2D eigenvalue weighted by molar-refractivity contribution is 5.92. The van der Waals surface area contributed by atoms with E-state index in [1.807, 2.05) is 67.1 Å². The average Bonchev–Trinajstić information content (AvgIpc) is 2.81. The van der Waals surface area contributed by atoms with E-state index in [1.54, 1.807) is 6.20 Å². The number of aryl methyl sites for hydroxylation is 2. The lowest BCUT2D eigenvalue weighted by Gasteiger charge is -2.18. The number of aromatic nitrogens is 2. The summed E-state index contributed by atoms with van der Waals surface area (Å²) in [4.78, 5) is 20.7. The van der Waals surface area contributed by atoms with E-state index in [9.17, 15) is 4.79 Å². The number of hydrogen-bond acceptors (Lipinski definition) is 4. The highest BCUT2D eigenvalue weighted by Gasteiger charge is 2.19. The van der Waals surface area contributed by atoms with E-state index in [1.165, 1.54) is 16.7 Å². The quantitative estimate of drug-likeness (QED) is 0.440. The van der Waals surface area contributed by atoms with Crippen LogP contribution < -0.4 is 11.1 Å². The fourth-order valence-corrected chi connectivity index (χ4v) is 3.97. The van der Waals surface area contributed by atoms with Crippen molar-refractivity contribution < 1.29 is 4.79 Å². The first kappa shape index (κ1) is 20.7. The van der Waals surface area contributed by atoms with Crippen LogP contribution >= 0.6 is 0 Å². The Labute approximate surface area is 182 Å². The average molecular weight is 411 g/mol. The summed E-state index contributed by atoms with van der Waals surface area (Å²) in [5.74, 6) is -0.372. The zero-order valence-corrected chi connectivity index (χ0v) is 17.4. The minimum Gasteiger partial charge on any atom is -0.368 e. The van der Waals surface area contributed by atoms with Gasteiger partial charge in [0.25, 0.3) is 0 Å². The van der Waals surface area contributed by atoms with Crippen molar-refractivity contribution in [1.82, 2.24) is 15.3 Å². The molecule has 2 heterocycles. The van der Waals surface area contributed by atoms with Gasteiger partial charge in [-0.3, -0.25) is 14.8 Å². The predicted molar refractivity (Wildman–Crippen MR) is 123 cm³/mol. The lowest BCUT2D eigenvalue weighted by Crippen LogP contribution is -2.35. The number of carbonyl (C=O) groups excluding carboxylic acids is 1. The molecule has 0 aliphatic heterocycles. The Morgan fingerprint density at radius 1 is 0.839 bits per heavy atom. The van der Waals surface area contributed by atoms with Crippen molar-refractivity contribution in [1.29, 1.82) is 0 Å². The van der Waals surface area contributed by atoms with Crippen LogP contribution in [-0.4, -0.2) is 22.4 Å². The third kappa shape index (κ3) is 5.13. The van der Waals surface area contributed by atoms with Crippen molar-refractivity contribution in [2.45, 2.75) is 25.3 Å². The first-order valence-electron chi connectivity index (χ1n) is 10.5. The Hall–Kier alpha value is -3.57. The molecule has 4 rings (SSSR count). The Balaban J connectivity index is 1.45. The molecule has 0 saturated heterocycles. The van der Waals surface area contributed by atoms with Crippen LogP contribution in [0.15, 0.2) is 85.5 Å². The summed E-state index contributed by atoms with van der Waals surface area (Å²) in [5.41, 5.74) is 10.3. The summed E-state index contributed by atoms with van der Waals surface area (Å²) in [7, 11) is 0. The molecule has 0 fully saturated rings. The van der Waals surface area contributed by atoms with Gasteiger partial charge in [0.2, 0.25) is 5.91 Å². The zero-order chi connectivity index (χ0) is 21.5. The third-order valence-corrected chi connectivity index (χ3v) is 5.57. The molecule has 0 aliphatic carbocycles. The second kappa shape index (κ2) is 9.96. The molecule has 0 saturated carbocycles. The maximum Gasteiger partial charge on any atom is 0.239 e. The molecule has 2 aromatic carbocycles. The summed E-state index contributed by atoms with van der Waals surface area (Å²) >= 11 is 0. The lowest BCUT2D eigenvalue weighted by atomic mass is 9.97. The summed E-state index contributed by atoms with van der Waals surface area (Å²) in [6, 6.07) is 19.6. The van der Waals surface area contributed by atoms with Gasteiger partial charge >= 0.3 is 0 Å². The minimum absolute atomic E-state index is 0.372.